The lowest BCUT2D eigenvalue weighted by Gasteiger charge is -2.22. The summed E-state index contributed by atoms with van der Waals surface area (Å²) in [6.45, 7) is 13.9. The van der Waals surface area contributed by atoms with Gasteiger partial charge >= 0.3 is 0 Å². The molecule has 0 bridgehead atoms. The fraction of sp³-hybridized carbons (Fsp3) is 0.130. The van der Waals surface area contributed by atoms with Crippen molar-refractivity contribution in [2.75, 3.05) is 0 Å². The average Bonchev–Trinajstić information content (AvgIpc) is 3.92. The third-order valence-electron chi connectivity index (χ3n) is 16.2. The maximum absolute atomic E-state index is 5.28. The Morgan fingerprint density at radius 2 is 0.635 bits per heavy atom. The molecule has 12 aromatic rings. The van der Waals surface area contributed by atoms with Crippen molar-refractivity contribution in [2.24, 2.45) is 0 Å². The van der Waals surface area contributed by atoms with Gasteiger partial charge in [-0.15, -0.1) is 0 Å². The summed E-state index contributed by atoms with van der Waals surface area (Å²) in [6.07, 6.45) is 3.60. The van der Waals surface area contributed by atoms with E-state index in [1.807, 2.05) is 12.1 Å². The Hall–Kier alpha value is -7.87. The maximum Gasteiger partial charge on any atom is 0.0972 e. The summed E-state index contributed by atoms with van der Waals surface area (Å²) in [5.74, 6) is 0. The maximum atomic E-state index is 5.28. The van der Waals surface area contributed by atoms with E-state index in [-0.39, 0.29) is 16.2 Å². The van der Waals surface area contributed by atoms with Crippen LogP contribution in [0.1, 0.15) is 74.9 Å². The molecule has 4 nitrogen and oxygen atoms in total. The van der Waals surface area contributed by atoms with E-state index in [0.29, 0.717) is 0 Å². The van der Waals surface area contributed by atoms with E-state index in [1.165, 1.54) is 70.3 Å². The Labute approximate surface area is 446 Å². The van der Waals surface area contributed by atoms with Crippen LogP contribution in [0.15, 0.2) is 213 Å². The van der Waals surface area contributed by atoms with Crippen molar-refractivity contribution in [3.63, 3.8) is 0 Å². The fourth-order valence-electron chi connectivity index (χ4n) is 12.2. The molecule has 0 amide bonds. The fourth-order valence-corrected chi connectivity index (χ4v) is 12.7. The first kappa shape index (κ1) is 46.0. The smallest absolute Gasteiger partial charge is 0.0972 e. The number of benzene rings is 8. The van der Waals surface area contributed by atoms with Gasteiger partial charge in [-0.3, -0.25) is 9.97 Å². The Morgan fingerprint density at radius 3 is 1.05 bits per heavy atom. The second-order valence-corrected chi connectivity index (χ2v) is 22.8. The van der Waals surface area contributed by atoms with Crippen molar-refractivity contribution >= 4 is 66.2 Å². The number of nitrogens with zero attached hydrogens (tertiary/aromatic N) is 4. The van der Waals surface area contributed by atoms with Gasteiger partial charge < -0.3 is 0 Å². The summed E-state index contributed by atoms with van der Waals surface area (Å²) < 4.78 is 1.32. The molecule has 0 radical (unpaired) electrons. The number of rotatable bonds is 2. The van der Waals surface area contributed by atoms with Crippen LogP contribution in [-0.4, -0.2) is 19.9 Å². The summed E-state index contributed by atoms with van der Waals surface area (Å²) in [6, 6.07) is 71.9. The van der Waals surface area contributed by atoms with Gasteiger partial charge in [-0.05, 0) is 138 Å². The van der Waals surface area contributed by atoms with Gasteiger partial charge in [0.2, 0.25) is 0 Å². The minimum atomic E-state index is -0.0479. The number of hydrogen-bond donors (Lipinski definition) is 0. The highest BCUT2D eigenvalue weighted by Crippen LogP contribution is 2.52. The SMILES string of the molecule is CC1(C)c2ccccc2-c2ccc(-c3ccc4ccc5ccc(-c6ccc7c(c6)C(C)(C)c6ccccc6-7)nc5c4n3)cc21.CC1(C)c2ccccc2-c2ccc(I)cc21.c1cnc2c(c1)ccc1cccnc12. The summed E-state index contributed by atoms with van der Waals surface area (Å²) >= 11 is 2.39. The molecule has 0 spiro atoms. The van der Waals surface area contributed by atoms with E-state index in [1.54, 1.807) is 12.4 Å². The molecule has 0 aliphatic heterocycles. The zero-order valence-electron chi connectivity index (χ0n) is 42.4. The second-order valence-electron chi connectivity index (χ2n) is 21.5. The number of hydrogen-bond acceptors (Lipinski definition) is 4. The van der Waals surface area contributed by atoms with Gasteiger partial charge in [-0.2, -0.15) is 0 Å². The highest BCUT2D eigenvalue weighted by molar-refractivity contribution is 14.1. The summed E-state index contributed by atoms with van der Waals surface area (Å²) in [7, 11) is 0. The molecule has 0 atom stereocenters. The molecule has 5 heteroatoms. The molecule has 3 aliphatic carbocycles. The van der Waals surface area contributed by atoms with Crippen molar-refractivity contribution in [1.82, 2.24) is 19.9 Å². The molecule has 4 aromatic heterocycles. The zero-order chi connectivity index (χ0) is 50.5. The van der Waals surface area contributed by atoms with Crippen LogP contribution in [0.4, 0.5) is 0 Å². The average molecular weight is 1070 g/mol. The van der Waals surface area contributed by atoms with Crippen LogP contribution in [0.5, 0.6) is 0 Å². The van der Waals surface area contributed by atoms with Crippen LogP contribution in [0, 0.1) is 3.57 Å². The molecule has 0 saturated heterocycles. The van der Waals surface area contributed by atoms with Gasteiger partial charge in [0.25, 0.3) is 0 Å². The molecule has 0 unspecified atom stereocenters. The van der Waals surface area contributed by atoms with E-state index < -0.39 is 0 Å². The molecule has 0 N–H and O–H groups in total. The molecule has 0 fully saturated rings. The van der Waals surface area contributed by atoms with E-state index in [4.69, 9.17) is 9.97 Å². The highest BCUT2D eigenvalue weighted by atomic mass is 127. The van der Waals surface area contributed by atoms with Gasteiger partial charge in [0, 0.05) is 64.9 Å². The molecule has 74 heavy (non-hydrogen) atoms. The topological polar surface area (TPSA) is 51.6 Å². The van der Waals surface area contributed by atoms with Crippen LogP contribution in [0.3, 0.4) is 0 Å². The molecule has 8 aromatic carbocycles. The molecule has 0 saturated carbocycles. The zero-order valence-corrected chi connectivity index (χ0v) is 44.5. The predicted molar refractivity (Wildman–Crippen MR) is 317 cm³/mol. The number of aromatic nitrogens is 4. The standard InChI is InChI=1S/C42H32N2.C15H13I.C12H8N2/c1-41(2)33-11-7-5-9-29(33)31-19-15-27(23-35(31)41)37-21-17-25-13-14-26-18-22-38(44-40(26)39(25)43-37)28-16-20-32-30-10-6-8-12-34(30)42(3,4)36(32)24-28;1-15(2)13-6-4-3-5-11(13)12-8-7-10(16)9-14(12)15;1-3-9-5-6-10-4-2-8-14-12(10)11(9)13-7-1/h5-24H,1-4H3;3-9H,1-2H3;1-8H. The van der Waals surface area contributed by atoms with E-state index >= 15 is 0 Å². The van der Waals surface area contributed by atoms with E-state index in [2.05, 4.69) is 262 Å². The highest BCUT2D eigenvalue weighted by Gasteiger charge is 2.37. The summed E-state index contributed by atoms with van der Waals surface area (Å²) in [5.41, 5.74) is 24.7. The van der Waals surface area contributed by atoms with Crippen molar-refractivity contribution in [1.29, 1.82) is 0 Å². The quantitative estimate of drug-likeness (QED) is 0.128. The number of halogens is 1. The lowest BCUT2D eigenvalue weighted by Crippen LogP contribution is -2.14. The second kappa shape index (κ2) is 17.4. The van der Waals surface area contributed by atoms with Gasteiger partial charge in [0.1, 0.15) is 0 Å². The molecular weight excluding hydrogens is 1010 g/mol. The third-order valence-corrected chi connectivity index (χ3v) is 16.8. The first-order valence-electron chi connectivity index (χ1n) is 25.5. The Kier molecular flexibility index (Phi) is 10.8. The van der Waals surface area contributed by atoms with Crippen LogP contribution < -0.4 is 0 Å². The van der Waals surface area contributed by atoms with Crippen LogP contribution >= 0.6 is 22.6 Å². The lowest BCUT2D eigenvalue weighted by molar-refractivity contribution is 0.660. The first-order chi connectivity index (χ1) is 35.9. The van der Waals surface area contributed by atoms with Crippen molar-refractivity contribution in [3.05, 3.63) is 250 Å². The summed E-state index contributed by atoms with van der Waals surface area (Å²) in [4.78, 5) is 19.2. The predicted octanol–water partition coefficient (Wildman–Crippen LogP) is 18.1. The Bertz CT molecular complexity index is 4040. The van der Waals surface area contributed by atoms with Crippen molar-refractivity contribution in [2.45, 2.75) is 57.8 Å². The van der Waals surface area contributed by atoms with Gasteiger partial charge in [-0.25, -0.2) is 9.97 Å². The van der Waals surface area contributed by atoms with Crippen LogP contribution in [0.2, 0.25) is 0 Å². The van der Waals surface area contributed by atoms with Gasteiger partial charge in [-0.1, -0.05) is 193 Å². The minimum Gasteiger partial charge on any atom is -0.254 e. The first-order valence-corrected chi connectivity index (χ1v) is 26.6. The molecular formula is C69H53IN4. The Morgan fingerprint density at radius 1 is 0.297 bits per heavy atom. The molecule has 4 heterocycles. The number of pyridine rings is 4. The lowest BCUT2D eigenvalue weighted by atomic mass is 9.82. The monoisotopic (exact) mass is 1060 g/mol. The Balaban J connectivity index is 0.000000142. The van der Waals surface area contributed by atoms with Crippen LogP contribution in [0.25, 0.3) is 99.5 Å². The van der Waals surface area contributed by atoms with E-state index in [9.17, 15) is 0 Å². The van der Waals surface area contributed by atoms with Gasteiger partial charge in [0.05, 0.1) is 33.5 Å². The van der Waals surface area contributed by atoms with E-state index in [0.717, 1.165) is 66.1 Å². The normalized spacial score (nSPS) is 14.5. The molecule has 3 aliphatic rings. The largest absolute Gasteiger partial charge is 0.254 e. The third kappa shape index (κ3) is 7.38. The van der Waals surface area contributed by atoms with Gasteiger partial charge in [0.15, 0.2) is 0 Å². The van der Waals surface area contributed by atoms with Crippen molar-refractivity contribution in [3.8, 4) is 55.9 Å². The molecule has 356 valence electrons. The number of fused-ring (bicyclic) bond motifs is 15. The molecule has 15 rings (SSSR count). The van der Waals surface area contributed by atoms with Crippen molar-refractivity contribution < 1.29 is 0 Å². The summed E-state index contributed by atoms with van der Waals surface area (Å²) in [5, 5.41) is 4.48. The van der Waals surface area contributed by atoms with Crippen LogP contribution in [-0.2, 0) is 16.2 Å². The minimum absolute atomic E-state index is 0.0479.